The Balaban J connectivity index is 1.78. The van der Waals surface area contributed by atoms with Crippen molar-refractivity contribution in [1.82, 2.24) is 4.98 Å². The van der Waals surface area contributed by atoms with Crippen LogP contribution in [0.5, 0.6) is 0 Å². The van der Waals surface area contributed by atoms with Crippen molar-refractivity contribution in [2.24, 2.45) is 0 Å². The van der Waals surface area contributed by atoms with Crippen LogP contribution in [0.3, 0.4) is 0 Å². The molecule has 148 valence electrons. The van der Waals surface area contributed by atoms with Crippen molar-refractivity contribution in [1.29, 1.82) is 0 Å². The topological polar surface area (TPSA) is 54.5 Å². The third-order valence-corrected chi connectivity index (χ3v) is 5.01. The highest BCUT2D eigenvalue weighted by molar-refractivity contribution is 7.22. The number of hydrogen-bond acceptors (Lipinski definition) is 5. The Morgan fingerprint density at radius 1 is 1.18 bits per heavy atom. The van der Waals surface area contributed by atoms with Gasteiger partial charge in [0.05, 0.1) is 10.2 Å². The van der Waals surface area contributed by atoms with Gasteiger partial charge in [0.15, 0.2) is 5.13 Å². The maximum atomic E-state index is 12.3. The average Bonchev–Trinajstić information content (AvgIpc) is 3.06. The fourth-order valence-corrected chi connectivity index (χ4v) is 3.52. The Bertz CT molecular complexity index is 964. The van der Waals surface area contributed by atoms with Gasteiger partial charge in [-0.05, 0) is 56.2 Å². The van der Waals surface area contributed by atoms with Gasteiger partial charge in [0.25, 0.3) is 0 Å². The summed E-state index contributed by atoms with van der Waals surface area (Å²) in [6.07, 6.45) is -0.391. The van der Waals surface area contributed by atoms with Crippen molar-refractivity contribution >= 4 is 38.5 Å². The summed E-state index contributed by atoms with van der Waals surface area (Å²) in [5.41, 5.74) is 3.15. The van der Waals surface area contributed by atoms with Crippen LogP contribution in [0.15, 0.2) is 42.5 Å². The number of nitrogens with zero attached hydrogens (tertiary/aromatic N) is 2. The quantitative estimate of drug-likeness (QED) is 0.594. The molecule has 0 aliphatic rings. The summed E-state index contributed by atoms with van der Waals surface area (Å²) >= 11 is 1.51. The average molecular weight is 402 g/mol. The van der Waals surface area contributed by atoms with E-state index in [4.69, 9.17) is 4.74 Å². The normalized spacial score (nSPS) is 11.5. The second-order valence-corrected chi connectivity index (χ2v) is 8.43. The van der Waals surface area contributed by atoms with Crippen LogP contribution in [0.2, 0.25) is 0 Å². The first kappa shape index (κ1) is 20.1. The molecular weight excluding hydrogens is 377 g/mol. The molecular formula is C21H24FN3O2S. The molecule has 0 aliphatic heterocycles. The molecule has 0 radical (unpaired) electrons. The van der Waals surface area contributed by atoms with Crippen molar-refractivity contribution in [2.45, 2.75) is 26.4 Å². The number of carbonyl (C=O) groups excluding carboxylic acids is 1. The SMILES string of the molecule is CN(C(=O)OC(C)(C)C)c1ccc(-c2ccc3sc(NCCF)nc3c2)cc1. The smallest absolute Gasteiger partial charge is 0.414 e. The highest BCUT2D eigenvalue weighted by Crippen LogP contribution is 2.31. The van der Waals surface area contributed by atoms with Gasteiger partial charge in [0.2, 0.25) is 0 Å². The van der Waals surface area contributed by atoms with E-state index in [1.165, 1.54) is 16.2 Å². The number of anilines is 2. The molecule has 0 spiro atoms. The molecule has 1 amide bonds. The predicted octanol–water partition coefficient (Wildman–Crippen LogP) is 5.72. The second-order valence-electron chi connectivity index (χ2n) is 7.40. The van der Waals surface area contributed by atoms with Gasteiger partial charge in [-0.3, -0.25) is 4.90 Å². The molecule has 28 heavy (non-hydrogen) atoms. The third-order valence-electron chi connectivity index (χ3n) is 4.01. The van der Waals surface area contributed by atoms with Crippen LogP contribution in [0.25, 0.3) is 21.3 Å². The van der Waals surface area contributed by atoms with E-state index in [2.05, 4.69) is 10.3 Å². The van der Waals surface area contributed by atoms with Gasteiger partial charge in [-0.15, -0.1) is 0 Å². The Hall–Kier alpha value is -2.67. The van der Waals surface area contributed by atoms with Crippen molar-refractivity contribution in [3.63, 3.8) is 0 Å². The van der Waals surface area contributed by atoms with Crippen molar-refractivity contribution in [3.05, 3.63) is 42.5 Å². The van der Waals surface area contributed by atoms with E-state index in [1.807, 2.05) is 63.2 Å². The number of carbonyl (C=O) groups is 1. The Morgan fingerprint density at radius 3 is 2.50 bits per heavy atom. The van der Waals surface area contributed by atoms with Crippen molar-refractivity contribution in [2.75, 3.05) is 30.5 Å². The zero-order valence-corrected chi connectivity index (χ0v) is 17.3. The molecule has 0 saturated heterocycles. The highest BCUT2D eigenvalue weighted by atomic mass is 32.1. The lowest BCUT2D eigenvalue weighted by atomic mass is 10.0. The lowest BCUT2D eigenvalue weighted by molar-refractivity contribution is 0.0589. The number of hydrogen-bond donors (Lipinski definition) is 1. The van der Waals surface area contributed by atoms with E-state index in [9.17, 15) is 9.18 Å². The molecule has 0 fully saturated rings. The fraction of sp³-hybridized carbons (Fsp3) is 0.333. The number of thiazole rings is 1. The molecule has 0 atom stereocenters. The van der Waals surface area contributed by atoms with E-state index in [-0.39, 0.29) is 6.54 Å². The Kier molecular flexibility index (Phi) is 5.84. The molecule has 3 rings (SSSR count). The monoisotopic (exact) mass is 401 g/mol. The molecule has 7 heteroatoms. The minimum atomic E-state index is -0.536. The highest BCUT2D eigenvalue weighted by Gasteiger charge is 2.20. The van der Waals surface area contributed by atoms with Crippen LogP contribution < -0.4 is 10.2 Å². The van der Waals surface area contributed by atoms with Gasteiger partial charge in [-0.1, -0.05) is 29.5 Å². The standard InChI is InChI=1S/C21H24FN3O2S/c1-21(2,3)27-20(26)25(4)16-8-5-14(6-9-16)15-7-10-18-17(13-15)24-19(28-18)23-12-11-22/h5-10,13H,11-12H2,1-4H3,(H,23,24). The number of fused-ring (bicyclic) bond motifs is 1. The van der Waals surface area contributed by atoms with E-state index >= 15 is 0 Å². The van der Waals surface area contributed by atoms with E-state index in [0.29, 0.717) is 0 Å². The summed E-state index contributed by atoms with van der Waals surface area (Å²) in [7, 11) is 1.69. The summed E-state index contributed by atoms with van der Waals surface area (Å²) < 4.78 is 18.8. The first-order chi connectivity index (χ1) is 13.3. The molecule has 0 bridgehead atoms. The predicted molar refractivity (Wildman–Crippen MR) is 114 cm³/mol. The minimum Gasteiger partial charge on any atom is -0.443 e. The number of aromatic nitrogens is 1. The summed E-state index contributed by atoms with van der Waals surface area (Å²) in [6, 6.07) is 13.8. The van der Waals surface area contributed by atoms with Crippen LogP contribution in [0.1, 0.15) is 20.8 Å². The van der Waals surface area contributed by atoms with Crippen LogP contribution in [-0.2, 0) is 4.74 Å². The molecule has 3 aromatic rings. The number of nitrogens with one attached hydrogen (secondary N) is 1. The van der Waals surface area contributed by atoms with Gasteiger partial charge >= 0.3 is 6.09 Å². The van der Waals surface area contributed by atoms with Gasteiger partial charge in [-0.25, -0.2) is 14.2 Å². The third kappa shape index (κ3) is 4.78. The molecule has 2 aromatic carbocycles. The lowest BCUT2D eigenvalue weighted by Gasteiger charge is -2.24. The maximum absolute atomic E-state index is 12.3. The van der Waals surface area contributed by atoms with E-state index in [0.717, 1.165) is 32.2 Å². The van der Waals surface area contributed by atoms with Crippen molar-refractivity contribution < 1.29 is 13.9 Å². The molecule has 0 aliphatic carbocycles. The molecule has 5 nitrogen and oxygen atoms in total. The number of amides is 1. The van der Waals surface area contributed by atoms with Crippen LogP contribution in [-0.4, -0.2) is 36.9 Å². The Morgan fingerprint density at radius 2 is 1.86 bits per heavy atom. The lowest BCUT2D eigenvalue weighted by Crippen LogP contribution is -2.34. The number of halogens is 1. The van der Waals surface area contributed by atoms with Crippen LogP contribution in [0, 0.1) is 0 Å². The minimum absolute atomic E-state index is 0.263. The van der Waals surface area contributed by atoms with Gasteiger partial charge in [0, 0.05) is 19.3 Å². The van der Waals surface area contributed by atoms with Crippen molar-refractivity contribution in [3.8, 4) is 11.1 Å². The van der Waals surface area contributed by atoms with Crippen LogP contribution in [0.4, 0.5) is 20.0 Å². The fourth-order valence-electron chi connectivity index (χ4n) is 2.65. The van der Waals surface area contributed by atoms with Gasteiger partial charge in [0.1, 0.15) is 12.3 Å². The molecule has 0 saturated carbocycles. The van der Waals surface area contributed by atoms with E-state index < -0.39 is 18.4 Å². The Labute approximate surface area is 168 Å². The second kappa shape index (κ2) is 8.14. The largest absolute Gasteiger partial charge is 0.443 e. The van der Waals surface area contributed by atoms with E-state index in [1.54, 1.807) is 7.05 Å². The molecule has 0 unspecified atom stereocenters. The van der Waals surface area contributed by atoms with Crippen LogP contribution >= 0.6 is 11.3 Å². The summed E-state index contributed by atoms with van der Waals surface area (Å²) in [6.45, 7) is 5.36. The van der Waals surface area contributed by atoms with Gasteiger partial charge < -0.3 is 10.1 Å². The number of benzene rings is 2. The first-order valence-corrected chi connectivity index (χ1v) is 9.86. The summed E-state index contributed by atoms with van der Waals surface area (Å²) in [4.78, 5) is 18.2. The zero-order valence-electron chi connectivity index (χ0n) is 16.5. The summed E-state index contributed by atoms with van der Waals surface area (Å²) in [5, 5.41) is 3.69. The molecule has 1 N–H and O–H groups in total. The zero-order chi connectivity index (χ0) is 20.3. The number of alkyl halides is 1. The summed E-state index contributed by atoms with van der Waals surface area (Å²) in [5.74, 6) is 0. The molecule has 1 heterocycles. The number of ether oxygens (including phenoxy) is 1. The van der Waals surface area contributed by atoms with Gasteiger partial charge in [-0.2, -0.15) is 0 Å². The molecule has 1 aromatic heterocycles. The maximum Gasteiger partial charge on any atom is 0.414 e. The number of rotatable bonds is 5. The first-order valence-electron chi connectivity index (χ1n) is 9.04.